The summed E-state index contributed by atoms with van der Waals surface area (Å²) in [6.45, 7) is 1.80. The SMILES string of the molecule is CC(NCC(=O)NC1CC1)c1cc(F)ccc1F. The molecule has 3 nitrogen and oxygen atoms in total. The predicted octanol–water partition coefficient (Wildman–Crippen LogP) is 1.89. The monoisotopic (exact) mass is 254 g/mol. The highest BCUT2D eigenvalue weighted by atomic mass is 19.1. The minimum absolute atomic E-state index is 0.105. The second kappa shape index (κ2) is 5.44. The van der Waals surface area contributed by atoms with Gasteiger partial charge in [0.1, 0.15) is 11.6 Å². The molecule has 0 radical (unpaired) electrons. The van der Waals surface area contributed by atoms with Crippen molar-refractivity contribution in [2.24, 2.45) is 0 Å². The van der Waals surface area contributed by atoms with Crippen LogP contribution in [0.5, 0.6) is 0 Å². The fourth-order valence-electron chi connectivity index (χ4n) is 1.71. The molecular weight excluding hydrogens is 238 g/mol. The molecule has 5 heteroatoms. The van der Waals surface area contributed by atoms with Crippen LogP contribution in [-0.2, 0) is 4.79 Å². The van der Waals surface area contributed by atoms with E-state index in [2.05, 4.69) is 10.6 Å². The molecule has 18 heavy (non-hydrogen) atoms. The van der Waals surface area contributed by atoms with Crippen molar-refractivity contribution in [1.29, 1.82) is 0 Å². The topological polar surface area (TPSA) is 41.1 Å². The Morgan fingerprint density at radius 3 is 2.83 bits per heavy atom. The summed E-state index contributed by atoms with van der Waals surface area (Å²) in [4.78, 5) is 11.4. The lowest BCUT2D eigenvalue weighted by atomic mass is 10.1. The van der Waals surface area contributed by atoms with E-state index in [0.717, 1.165) is 31.0 Å². The number of carbonyl (C=O) groups is 1. The third-order valence-electron chi connectivity index (χ3n) is 2.94. The third kappa shape index (κ3) is 3.50. The number of nitrogens with one attached hydrogen (secondary N) is 2. The van der Waals surface area contributed by atoms with Gasteiger partial charge in [-0.2, -0.15) is 0 Å². The van der Waals surface area contributed by atoms with Crippen molar-refractivity contribution < 1.29 is 13.6 Å². The lowest BCUT2D eigenvalue weighted by molar-refractivity contribution is -0.120. The number of rotatable bonds is 5. The zero-order chi connectivity index (χ0) is 13.1. The first-order valence-electron chi connectivity index (χ1n) is 6.04. The van der Waals surface area contributed by atoms with Crippen LogP contribution < -0.4 is 10.6 Å². The van der Waals surface area contributed by atoms with E-state index in [1.807, 2.05) is 0 Å². The molecule has 0 heterocycles. The average molecular weight is 254 g/mol. The molecule has 0 saturated heterocycles. The summed E-state index contributed by atoms with van der Waals surface area (Å²) in [5.41, 5.74) is 0.231. The molecule has 1 amide bonds. The van der Waals surface area contributed by atoms with E-state index in [0.29, 0.717) is 6.04 Å². The van der Waals surface area contributed by atoms with Gasteiger partial charge >= 0.3 is 0 Å². The Bertz CT molecular complexity index is 447. The summed E-state index contributed by atoms with van der Waals surface area (Å²) in [5.74, 6) is -1.07. The van der Waals surface area contributed by atoms with E-state index >= 15 is 0 Å². The number of hydrogen-bond donors (Lipinski definition) is 2. The van der Waals surface area contributed by atoms with Crippen LogP contribution in [0.3, 0.4) is 0 Å². The number of benzene rings is 1. The Kier molecular flexibility index (Phi) is 3.91. The molecule has 1 fully saturated rings. The molecule has 0 bridgehead atoms. The summed E-state index contributed by atoms with van der Waals surface area (Å²) >= 11 is 0. The molecule has 0 aromatic heterocycles. The standard InChI is InChI=1S/C13H16F2N2O/c1-8(11-6-9(14)2-5-12(11)15)16-7-13(18)17-10-3-4-10/h2,5-6,8,10,16H,3-4,7H2,1H3,(H,17,18). The molecular formula is C13H16F2N2O. The average Bonchev–Trinajstić information content (AvgIpc) is 3.13. The first-order chi connectivity index (χ1) is 8.56. The Morgan fingerprint density at radius 1 is 1.44 bits per heavy atom. The van der Waals surface area contributed by atoms with E-state index in [4.69, 9.17) is 0 Å². The predicted molar refractivity (Wildman–Crippen MR) is 63.9 cm³/mol. The van der Waals surface area contributed by atoms with Crippen LogP contribution in [0.15, 0.2) is 18.2 Å². The van der Waals surface area contributed by atoms with E-state index in [1.165, 1.54) is 0 Å². The molecule has 0 spiro atoms. The first-order valence-corrected chi connectivity index (χ1v) is 6.04. The van der Waals surface area contributed by atoms with Gasteiger partial charge in [0.15, 0.2) is 0 Å². The summed E-state index contributed by atoms with van der Waals surface area (Å²) in [6.07, 6.45) is 2.06. The summed E-state index contributed by atoms with van der Waals surface area (Å²) in [5, 5.41) is 5.70. The Balaban J connectivity index is 1.87. The molecule has 1 saturated carbocycles. The van der Waals surface area contributed by atoms with Gasteiger partial charge in [0, 0.05) is 17.6 Å². The third-order valence-corrected chi connectivity index (χ3v) is 2.94. The minimum Gasteiger partial charge on any atom is -0.352 e. The highest BCUT2D eigenvalue weighted by Gasteiger charge is 2.23. The maximum atomic E-state index is 13.5. The molecule has 1 aromatic carbocycles. The fourth-order valence-corrected chi connectivity index (χ4v) is 1.71. The highest BCUT2D eigenvalue weighted by molar-refractivity contribution is 5.78. The number of halogens is 2. The zero-order valence-electron chi connectivity index (χ0n) is 10.2. The van der Waals surface area contributed by atoms with Gasteiger partial charge in [0.05, 0.1) is 6.54 Å². The normalized spacial score (nSPS) is 16.4. The van der Waals surface area contributed by atoms with Crippen molar-refractivity contribution in [3.63, 3.8) is 0 Å². The second-order valence-electron chi connectivity index (χ2n) is 4.61. The summed E-state index contributed by atoms with van der Waals surface area (Å²) in [7, 11) is 0. The number of hydrogen-bond acceptors (Lipinski definition) is 2. The van der Waals surface area contributed by atoms with Gasteiger partial charge in [-0.05, 0) is 38.0 Å². The van der Waals surface area contributed by atoms with Crippen LogP contribution in [0.1, 0.15) is 31.4 Å². The maximum absolute atomic E-state index is 13.5. The van der Waals surface area contributed by atoms with Crippen molar-refractivity contribution in [2.45, 2.75) is 31.8 Å². The lowest BCUT2D eigenvalue weighted by Gasteiger charge is -2.15. The van der Waals surface area contributed by atoms with E-state index < -0.39 is 17.7 Å². The van der Waals surface area contributed by atoms with Crippen molar-refractivity contribution in [3.8, 4) is 0 Å². The van der Waals surface area contributed by atoms with Crippen LogP contribution in [0, 0.1) is 11.6 Å². The largest absolute Gasteiger partial charge is 0.352 e. The fraction of sp³-hybridized carbons (Fsp3) is 0.462. The second-order valence-corrected chi connectivity index (χ2v) is 4.61. The van der Waals surface area contributed by atoms with Gasteiger partial charge < -0.3 is 10.6 Å². The molecule has 2 N–H and O–H groups in total. The molecule has 1 aromatic rings. The van der Waals surface area contributed by atoms with Gasteiger partial charge in [0.25, 0.3) is 0 Å². The van der Waals surface area contributed by atoms with Crippen LogP contribution in [0.2, 0.25) is 0 Å². The Hall–Kier alpha value is -1.49. The molecule has 1 aliphatic carbocycles. The lowest BCUT2D eigenvalue weighted by Crippen LogP contribution is -2.36. The summed E-state index contributed by atoms with van der Waals surface area (Å²) < 4.78 is 26.5. The first kappa shape index (κ1) is 13.0. The minimum atomic E-state index is -0.484. The maximum Gasteiger partial charge on any atom is 0.234 e. The van der Waals surface area contributed by atoms with Gasteiger partial charge in [-0.15, -0.1) is 0 Å². The van der Waals surface area contributed by atoms with Crippen molar-refractivity contribution >= 4 is 5.91 Å². The Morgan fingerprint density at radius 2 is 2.17 bits per heavy atom. The van der Waals surface area contributed by atoms with Gasteiger partial charge in [-0.25, -0.2) is 8.78 Å². The van der Waals surface area contributed by atoms with E-state index in [9.17, 15) is 13.6 Å². The van der Waals surface area contributed by atoms with E-state index in [1.54, 1.807) is 6.92 Å². The van der Waals surface area contributed by atoms with E-state index in [-0.39, 0.29) is 18.0 Å². The van der Waals surface area contributed by atoms with Crippen LogP contribution >= 0.6 is 0 Å². The van der Waals surface area contributed by atoms with Crippen LogP contribution in [-0.4, -0.2) is 18.5 Å². The van der Waals surface area contributed by atoms with Crippen molar-refractivity contribution in [1.82, 2.24) is 10.6 Å². The molecule has 1 aliphatic rings. The van der Waals surface area contributed by atoms with Gasteiger partial charge in [-0.1, -0.05) is 0 Å². The zero-order valence-corrected chi connectivity index (χ0v) is 10.2. The number of amides is 1. The van der Waals surface area contributed by atoms with Crippen molar-refractivity contribution in [2.75, 3.05) is 6.54 Å². The molecule has 0 aliphatic heterocycles. The van der Waals surface area contributed by atoms with Crippen LogP contribution in [0.25, 0.3) is 0 Å². The highest BCUT2D eigenvalue weighted by Crippen LogP contribution is 2.19. The summed E-state index contributed by atoms with van der Waals surface area (Å²) in [6, 6.07) is 3.20. The molecule has 2 rings (SSSR count). The smallest absolute Gasteiger partial charge is 0.234 e. The Labute approximate surface area is 105 Å². The molecule has 1 atom stereocenters. The van der Waals surface area contributed by atoms with Gasteiger partial charge in [-0.3, -0.25) is 4.79 Å². The van der Waals surface area contributed by atoms with Crippen LogP contribution in [0.4, 0.5) is 8.78 Å². The van der Waals surface area contributed by atoms with Gasteiger partial charge in [0.2, 0.25) is 5.91 Å². The number of carbonyl (C=O) groups excluding carboxylic acids is 1. The molecule has 98 valence electrons. The van der Waals surface area contributed by atoms with Crippen molar-refractivity contribution in [3.05, 3.63) is 35.4 Å². The molecule has 1 unspecified atom stereocenters. The quantitative estimate of drug-likeness (QED) is 0.842.